The Morgan fingerprint density at radius 3 is 2.75 bits per heavy atom. The Kier molecular flexibility index (Phi) is 4.58. The third-order valence-corrected chi connectivity index (χ3v) is 3.16. The number of anilines is 1. The van der Waals surface area contributed by atoms with E-state index in [1.54, 1.807) is 24.2 Å². The average molecular weight is 290 g/mol. The quantitative estimate of drug-likeness (QED) is 0.941. The summed E-state index contributed by atoms with van der Waals surface area (Å²) in [6.45, 7) is 0.495. The summed E-state index contributed by atoms with van der Waals surface area (Å²) < 4.78 is 0. The maximum atomic E-state index is 12.2. The lowest BCUT2D eigenvalue weighted by Crippen LogP contribution is -2.26. The number of halogens is 1. The molecule has 1 N–H and O–H groups in total. The minimum absolute atomic E-state index is 0.118. The molecule has 0 unspecified atom stereocenters. The topological polar surface area (TPSA) is 45.2 Å². The zero-order chi connectivity index (χ0) is 14.5. The average Bonchev–Trinajstić information content (AvgIpc) is 2.46. The van der Waals surface area contributed by atoms with E-state index in [0.29, 0.717) is 17.3 Å². The Hall–Kier alpha value is -2.07. The number of rotatable bonds is 4. The van der Waals surface area contributed by atoms with Gasteiger partial charge in [0.05, 0.1) is 11.9 Å². The van der Waals surface area contributed by atoms with Crippen LogP contribution in [0.4, 0.5) is 5.69 Å². The molecule has 0 spiro atoms. The number of benzene rings is 1. The van der Waals surface area contributed by atoms with Gasteiger partial charge in [0.25, 0.3) is 5.91 Å². The summed E-state index contributed by atoms with van der Waals surface area (Å²) in [5, 5.41) is 3.63. The maximum absolute atomic E-state index is 12.2. The molecule has 1 aromatic heterocycles. The van der Waals surface area contributed by atoms with Gasteiger partial charge in [-0.25, -0.2) is 4.98 Å². The van der Waals surface area contributed by atoms with Crippen molar-refractivity contribution < 1.29 is 4.79 Å². The van der Waals surface area contributed by atoms with Crippen LogP contribution in [-0.2, 0) is 6.54 Å². The van der Waals surface area contributed by atoms with Crippen LogP contribution in [0.25, 0.3) is 0 Å². The molecule has 2 rings (SSSR count). The molecule has 4 nitrogen and oxygen atoms in total. The summed E-state index contributed by atoms with van der Waals surface area (Å²) >= 11 is 5.94. The highest BCUT2D eigenvalue weighted by atomic mass is 35.5. The summed E-state index contributed by atoms with van der Waals surface area (Å²) in [6.07, 6.45) is 1.64. The van der Waals surface area contributed by atoms with Gasteiger partial charge in [0.1, 0.15) is 5.69 Å². The lowest BCUT2D eigenvalue weighted by Gasteiger charge is -2.17. The van der Waals surface area contributed by atoms with Crippen LogP contribution < -0.4 is 5.32 Å². The van der Waals surface area contributed by atoms with Gasteiger partial charge in [0.2, 0.25) is 0 Å². The largest absolute Gasteiger partial charge is 0.387 e. The molecule has 1 amide bonds. The van der Waals surface area contributed by atoms with E-state index in [9.17, 15) is 4.79 Å². The Bertz CT molecular complexity index is 598. The first-order valence-electron chi connectivity index (χ1n) is 6.24. The number of pyridine rings is 1. The molecular weight excluding hydrogens is 274 g/mol. The fourth-order valence-electron chi connectivity index (χ4n) is 1.84. The van der Waals surface area contributed by atoms with E-state index in [1.165, 1.54) is 0 Å². The molecule has 1 aromatic carbocycles. The van der Waals surface area contributed by atoms with E-state index in [2.05, 4.69) is 10.3 Å². The molecule has 0 atom stereocenters. The second kappa shape index (κ2) is 6.39. The molecule has 0 saturated carbocycles. The van der Waals surface area contributed by atoms with Crippen molar-refractivity contribution in [2.24, 2.45) is 0 Å². The third kappa shape index (κ3) is 3.48. The first-order valence-corrected chi connectivity index (χ1v) is 6.61. The lowest BCUT2D eigenvalue weighted by atomic mass is 10.2. The molecular formula is C15H16ClN3O. The Balaban J connectivity index is 2.07. The molecule has 20 heavy (non-hydrogen) atoms. The molecule has 1 heterocycles. The van der Waals surface area contributed by atoms with Crippen LogP contribution in [-0.4, -0.2) is 29.9 Å². The van der Waals surface area contributed by atoms with Crippen LogP contribution in [0.15, 0.2) is 42.6 Å². The normalized spacial score (nSPS) is 10.2. The van der Waals surface area contributed by atoms with Crippen molar-refractivity contribution >= 4 is 23.2 Å². The highest BCUT2D eigenvalue weighted by Gasteiger charge is 2.13. The Morgan fingerprint density at radius 2 is 2.15 bits per heavy atom. The molecule has 0 bridgehead atoms. The smallest absolute Gasteiger partial charge is 0.272 e. The first-order chi connectivity index (χ1) is 9.60. The predicted octanol–water partition coefficient (Wildman–Crippen LogP) is 3.05. The monoisotopic (exact) mass is 289 g/mol. The molecule has 0 radical (unpaired) electrons. The molecule has 0 fully saturated rings. The molecule has 2 aromatic rings. The number of carbonyl (C=O) groups excluding carboxylic acids is 1. The van der Waals surface area contributed by atoms with Crippen LogP contribution in [0.3, 0.4) is 0 Å². The van der Waals surface area contributed by atoms with E-state index < -0.39 is 0 Å². The summed E-state index contributed by atoms with van der Waals surface area (Å²) in [5.74, 6) is -0.118. The number of aromatic nitrogens is 1. The molecule has 104 valence electrons. The van der Waals surface area contributed by atoms with Crippen LogP contribution in [0.1, 0.15) is 16.1 Å². The van der Waals surface area contributed by atoms with Crippen LogP contribution in [0.5, 0.6) is 0 Å². The predicted molar refractivity (Wildman–Crippen MR) is 81.0 cm³/mol. The maximum Gasteiger partial charge on any atom is 0.272 e. The number of hydrogen-bond donors (Lipinski definition) is 1. The molecule has 0 aliphatic heterocycles. The summed E-state index contributed by atoms with van der Waals surface area (Å²) in [6, 6.07) is 11.0. The summed E-state index contributed by atoms with van der Waals surface area (Å²) in [4.78, 5) is 18.0. The van der Waals surface area contributed by atoms with Crippen LogP contribution in [0, 0.1) is 0 Å². The van der Waals surface area contributed by atoms with E-state index in [0.717, 1.165) is 11.3 Å². The van der Waals surface area contributed by atoms with Gasteiger partial charge in [-0.15, -0.1) is 0 Å². The number of nitrogens with zero attached hydrogens (tertiary/aromatic N) is 2. The second-order valence-electron chi connectivity index (χ2n) is 4.47. The van der Waals surface area contributed by atoms with Gasteiger partial charge in [-0.1, -0.05) is 23.7 Å². The number of amides is 1. The standard InChI is InChI=1S/C15H16ClN3O/c1-17-13-6-7-14(18-9-13)15(20)19(2)10-11-4-3-5-12(16)8-11/h3-9,17H,10H2,1-2H3. The minimum Gasteiger partial charge on any atom is -0.387 e. The van der Waals surface area contributed by atoms with Crippen molar-refractivity contribution in [3.63, 3.8) is 0 Å². The van der Waals surface area contributed by atoms with Crippen molar-refractivity contribution in [3.8, 4) is 0 Å². The lowest BCUT2D eigenvalue weighted by molar-refractivity contribution is 0.0779. The minimum atomic E-state index is -0.118. The molecule has 5 heteroatoms. The van der Waals surface area contributed by atoms with Crippen molar-refractivity contribution in [2.45, 2.75) is 6.54 Å². The van der Waals surface area contributed by atoms with E-state index in [4.69, 9.17) is 11.6 Å². The third-order valence-electron chi connectivity index (χ3n) is 2.93. The fraction of sp³-hybridized carbons (Fsp3) is 0.200. The van der Waals surface area contributed by atoms with Gasteiger partial charge >= 0.3 is 0 Å². The molecule has 0 saturated heterocycles. The first kappa shape index (κ1) is 14.3. The van der Waals surface area contributed by atoms with E-state index in [-0.39, 0.29) is 5.91 Å². The van der Waals surface area contributed by atoms with Crippen molar-refractivity contribution in [2.75, 3.05) is 19.4 Å². The summed E-state index contributed by atoms with van der Waals surface area (Å²) in [5.41, 5.74) is 2.28. The van der Waals surface area contributed by atoms with Gasteiger partial charge in [-0.3, -0.25) is 4.79 Å². The van der Waals surface area contributed by atoms with Crippen LogP contribution >= 0.6 is 11.6 Å². The molecule has 0 aliphatic rings. The van der Waals surface area contributed by atoms with E-state index in [1.807, 2.05) is 37.4 Å². The van der Waals surface area contributed by atoms with Gasteiger partial charge in [-0.2, -0.15) is 0 Å². The molecule has 0 aliphatic carbocycles. The van der Waals surface area contributed by atoms with Gasteiger partial charge in [0.15, 0.2) is 0 Å². The number of hydrogen-bond acceptors (Lipinski definition) is 3. The summed E-state index contributed by atoms with van der Waals surface area (Å²) in [7, 11) is 3.56. The number of nitrogens with one attached hydrogen (secondary N) is 1. The highest BCUT2D eigenvalue weighted by Crippen LogP contribution is 2.13. The fourth-order valence-corrected chi connectivity index (χ4v) is 2.06. The van der Waals surface area contributed by atoms with Crippen LogP contribution in [0.2, 0.25) is 5.02 Å². The van der Waals surface area contributed by atoms with Gasteiger partial charge in [-0.05, 0) is 29.8 Å². The van der Waals surface area contributed by atoms with Crippen molar-refractivity contribution in [1.82, 2.24) is 9.88 Å². The zero-order valence-electron chi connectivity index (χ0n) is 11.4. The van der Waals surface area contributed by atoms with E-state index >= 15 is 0 Å². The van der Waals surface area contributed by atoms with Gasteiger partial charge < -0.3 is 10.2 Å². The van der Waals surface area contributed by atoms with Crippen molar-refractivity contribution in [3.05, 3.63) is 58.9 Å². The highest BCUT2D eigenvalue weighted by molar-refractivity contribution is 6.30. The number of carbonyl (C=O) groups is 1. The Labute approximate surface area is 123 Å². The zero-order valence-corrected chi connectivity index (χ0v) is 12.2. The van der Waals surface area contributed by atoms with Crippen molar-refractivity contribution in [1.29, 1.82) is 0 Å². The second-order valence-corrected chi connectivity index (χ2v) is 4.91. The SMILES string of the molecule is CNc1ccc(C(=O)N(C)Cc2cccc(Cl)c2)nc1. The van der Waals surface area contributed by atoms with Gasteiger partial charge in [0, 0.05) is 25.7 Å². The Morgan fingerprint density at radius 1 is 1.35 bits per heavy atom.